The molecule has 5 heteroatoms. The Bertz CT molecular complexity index is 1150. The van der Waals surface area contributed by atoms with Gasteiger partial charge in [0.2, 0.25) is 0 Å². The van der Waals surface area contributed by atoms with Crippen LogP contribution >= 0.6 is 0 Å². The van der Waals surface area contributed by atoms with Gasteiger partial charge >= 0.3 is 0 Å². The molecular weight excluding hydrogens is 362 g/mol. The van der Waals surface area contributed by atoms with E-state index < -0.39 is 0 Å². The molecule has 1 amide bonds. The first-order chi connectivity index (χ1) is 14.1. The van der Waals surface area contributed by atoms with Gasteiger partial charge < -0.3 is 15.0 Å². The van der Waals surface area contributed by atoms with E-state index in [1.165, 1.54) is 5.56 Å². The van der Waals surface area contributed by atoms with Gasteiger partial charge in [-0.3, -0.25) is 4.79 Å². The molecule has 1 aromatic heterocycles. The molecule has 0 bridgehead atoms. The summed E-state index contributed by atoms with van der Waals surface area (Å²) in [7, 11) is 1.60. The maximum absolute atomic E-state index is 12.5. The van der Waals surface area contributed by atoms with Crippen LogP contribution in [0, 0.1) is 6.92 Å². The molecule has 0 aliphatic carbocycles. The number of imidazole rings is 1. The number of rotatable bonds is 6. The lowest BCUT2D eigenvalue weighted by Crippen LogP contribution is -2.11. The van der Waals surface area contributed by atoms with Crippen molar-refractivity contribution in [3.05, 3.63) is 89.2 Å². The van der Waals surface area contributed by atoms with E-state index in [1.54, 1.807) is 31.4 Å². The topological polar surface area (TPSA) is 67.0 Å². The van der Waals surface area contributed by atoms with Crippen LogP contribution in [0.3, 0.4) is 0 Å². The Morgan fingerprint density at radius 3 is 2.66 bits per heavy atom. The maximum Gasteiger partial charge on any atom is 0.255 e. The molecular formula is C24H23N3O2. The highest BCUT2D eigenvalue weighted by Crippen LogP contribution is 2.18. The van der Waals surface area contributed by atoms with Gasteiger partial charge in [0, 0.05) is 17.7 Å². The summed E-state index contributed by atoms with van der Waals surface area (Å²) in [4.78, 5) is 20.5. The van der Waals surface area contributed by atoms with E-state index >= 15 is 0 Å². The molecule has 3 aromatic carbocycles. The standard InChI is InChI=1S/C24H23N3O2/c1-16-6-12-21-22(14-16)27-23(26-21)13-7-17-4-3-5-19(15-17)25-24(28)18-8-10-20(29-2)11-9-18/h3-6,8-12,14-15H,7,13H2,1-2H3,(H,25,28)(H,26,27). The quantitative estimate of drug-likeness (QED) is 0.495. The monoisotopic (exact) mass is 385 g/mol. The lowest BCUT2D eigenvalue weighted by Gasteiger charge is -2.08. The number of ether oxygens (including phenoxy) is 1. The van der Waals surface area contributed by atoms with E-state index in [2.05, 4.69) is 40.4 Å². The third-order valence-electron chi connectivity index (χ3n) is 4.87. The van der Waals surface area contributed by atoms with Crippen molar-refractivity contribution in [1.29, 1.82) is 0 Å². The highest BCUT2D eigenvalue weighted by Gasteiger charge is 2.08. The molecule has 0 unspecified atom stereocenters. The minimum Gasteiger partial charge on any atom is -0.497 e. The number of methoxy groups -OCH3 is 1. The summed E-state index contributed by atoms with van der Waals surface area (Å²) in [6.45, 7) is 2.08. The Hall–Kier alpha value is -3.60. The highest BCUT2D eigenvalue weighted by atomic mass is 16.5. The molecule has 0 spiro atoms. The van der Waals surface area contributed by atoms with Gasteiger partial charge in [0.25, 0.3) is 5.91 Å². The van der Waals surface area contributed by atoms with Gasteiger partial charge in [0.15, 0.2) is 0 Å². The fourth-order valence-electron chi connectivity index (χ4n) is 3.31. The van der Waals surface area contributed by atoms with Crippen LogP contribution in [0.1, 0.15) is 27.3 Å². The second kappa shape index (κ2) is 8.19. The molecule has 2 N–H and O–H groups in total. The number of aryl methyl sites for hydroxylation is 3. The van der Waals surface area contributed by atoms with Crippen molar-refractivity contribution in [2.75, 3.05) is 12.4 Å². The summed E-state index contributed by atoms with van der Waals surface area (Å²) in [5.41, 5.74) is 5.80. The summed E-state index contributed by atoms with van der Waals surface area (Å²) >= 11 is 0. The van der Waals surface area contributed by atoms with E-state index in [-0.39, 0.29) is 5.91 Å². The molecule has 4 aromatic rings. The van der Waals surface area contributed by atoms with Crippen molar-refractivity contribution in [2.24, 2.45) is 0 Å². The molecule has 0 saturated heterocycles. The fourth-order valence-corrected chi connectivity index (χ4v) is 3.31. The third-order valence-corrected chi connectivity index (χ3v) is 4.87. The number of hydrogen-bond acceptors (Lipinski definition) is 3. The Balaban J connectivity index is 1.41. The predicted molar refractivity (Wildman–Crippen MR) is 116 cm³/mol. The smallest absolute Gasteiger partial charge is 0.255 e. The summed E-state index contributed by atoms with van der Waals surface area (Å²) in [6, 6.07) is 21.2. The van der Waals surface area contributed by atoms with Crippen molar-refractivity contribution in [3.8, 4) is 5.75 Å². The zero-order valence-corrected chi connectivity index (χ0v) is 16.5. The SMILES string of the molecule is COc1ccc(C(=O)Nc2cccc(CCc3nc4ccc(C)cc4[nH]3)c2)cc1. The molecule has 1 heterocycles. The number of fused-ring (bicyclic) bond motifs is 1. The minimum atomic E-state index is -0.141. The lowest BCUT2D eigenvalue weighted by molar-refractivity contribution is 0.102. The first kappa shape index (κ1) is 18.7. The van der Waals surface area contributed by atoms with Crippen molar-refractivity contribution in [2.45, 2.75) is 19.8 Å². The summed E-state index contributed by atoms with van der Waals surface area (Å²) in [6.07, 6.45) is 1.65. The highest BCUT2D eigenvalue weighted by molar-refractivity contribution is 6.04. The number of anilines is 1. The number of hydrogen-bond donors (Lipinski definition) is 2. The Kier molecular flexibility index (Phi) is 5.29. The Labute approximate surface area is 169 Å². The molecule has 0 aliphatic heterocycles. The lowest BCUT2D eigenvalue weighted by atomic mass is 10.1. The first-order valence-electron chi connectivity index (χ1n) is 9.60. The van der Waals surface area contributed by atoms with Gasteiger partial charge in [-0.05, 0) is 73.0 Å². The average Bonchev–Trinajstić information content (AvgIpc) is 3.14. The van der Waals surface area contributed by atoms with E-state index in [9.17, 15) is 4.79 Å². The summed E-state index contributed by atoms with van der Waals surface area (Å²) < 4.78 is 5.13. The van der Waals surface area contributed by atoms with E-state index in [0.717, 1.165) is 46.7 Å². The van der Waals surface area contributed by atoms with Gasteiger partial charge in [-0.2, -0.15) is 0 Å². The van der Waals surface area contributed by atoms with Crippen LogP contribution in [0.2, 0.25) is 0 Å². The molecule has 5 nitrogen and oxygen atoms in total. The van der Waals surface area contributed by atoms with Crippen molar-refractivity contribution in [3.63, 3.8) is 0 Å². The summed E-state index contributed by atoms with van der Waals surface area (Å²) in [5.74, 6) is 1.56. The average molecular weight is 385 g/mol. The second-order valence-electron chi connectivity index (χ2n) is 7.09. The predicted octanol–water partition coefficient (Wildman–Crippen LogP) is 4.92. The number of carbonyl (C=O) groups is 1. The van der Waals surface area contributed by atoms with Gasteiger partial charge in [-0.25, -0.2) is 4.98 Å². The van der Waals surface area contributed by atoms with Crippen LogP contribution in [0.25, 0.3) is 11.0 Å². The molecule has 0 radical (unpaired) electrons. The van der Waals surface area contributed by atoms with Gasteiger partial charge in [-0.15, -0.1) is 0 Å². The molecule has 4 rings (SSSR count). The van der Waals surface area contributed by atoms with Crippen LogP contribution in [0.15, 0.2) is 66.7 Å². The second-order valence-corrected chi connectivity index (χ2v) is 7.09. The zero-order valence-electron chi connectivity index (χ0n) is 16.5. The van der Waals surface area contributed by atoms with E-state index in [4.69, 9.17) is 4.74 Å². The van der Waals surface area contributed by atoms with Gasteiger partial charge in [0.1, 0.15) is 11.6 Å². The maximum atomic E-state index is 12.5. The number of aromatic nitrogens is 2. The van der Waals surface area contributed by atoms with Gasteiger partial charge in [0.05, 0.1) is 18.1 Å². The minimum absolute atomic E-state index is 0.141. The molecule has 146 valence electrons. The van der Waals surface area contributed by atoms with Crippen molar-refractivity contribution < 1.29 is 9.53 Å². The van der Waals surface area contributed by atoms with Crippen molar-refractivity contribution in [1.82, 2.24) is 9.97 Å². The number of benzene rings is 3. The first-order valence-corrected chi connectivity index (χ1v) is 9.60. The molecule has 0 saturated carbocycles. The van der Waals surface area contributed by atoms with Gasteiger partial charge in [-0.1, -0.05) is 18.2 Å². The summed E-state index contributed by atoms with van der Waals surface area (Å²) in [5, 5.41) is 2.96. The molecule has 0 fully saturated rings. The number of H-pyrrole nitrogens is 1. The molecule has 0 aliphatic rings. The zero-order chi connectivity index (χ0) is 20.2. The molecule has 0 atom stereocenters. The van der Waals surface area contributed by atoms with Crippen LogP contribution in [-0.2, 0) is 12.8 Å². The van der Waals surface area contributed by atoms with Crippen LogP contribution in [-0.4, -0.2) is 23.0 Å². The van der Waals surface area contributed by atoms with Crippen LogP contribution in [0.4, 0.5) is 5.69 Å². The molecule has 29 heavy (non-hydrogen) atoms. The largest absolute Gasteiger partial charge is 0.497 e. The normalized spacial score (nSPS) is 10.8. The van der Waals surface area contributed by atoms with Crippen molar-refractivity contribution >= 4 is 22.6 Å². The number of aromatic amines is 1. The Morgan fingerprint density at radius 2 is 1.86 bits per heavy atom. The third kappa shape index (κ3) is 4.46. The number of amides is 1. The Morgan fingerprint density at radius 1 is 1.03 bits per heavy atom. The van der Waals surface area contributed by atoms with E-state index in [1.807, 2.05) is 24.3 Å². The fraction of sp³-hybridized carbons (Fsp3) is 0.167. The van der Waals surface area contributed by atoms with Crippen LogP contribution < -0.4 is 10.1 Å². The number of nitrogens with zero attached hydrogens (tertiary/aromatic N) is 1. The van der Waals surface area contributed by atoms with E-state index in [0.29, 0.717) is 5.56 Å². The number of nitrogens with one attached hydrogen (secondary N) is 2. The van der Waals surface area contributed by atoms with Crippen LogP contribution in [0.5, 0.6) is 5.75 Å². The number of carbonyl (C=O) groups excluding carboxylic acids is 1.